The Kier molecular flexibility index (Phi) is 3.49. The van der Waals surface area contributed by atoms with Gasteiger partial charge in [-0.25, -0.2) is 4.98 Å². The average molecular weight is 312 g/mol. The van der Waals surface area contributed by atoms with Crippen LogP contribution in [0.2, 0.25) is 0 Å². The summed E-state index contributed by atoms with van der Waals surface area (Å²) in [6.45, 7) is 2.08. The van der Waals surface area contributed by atoms with Crippen LogP contribution < -0.4 is 5.32 Å². The number of amides is 1. The molecule has 22 heavy (non-hydrogen) atoms. The Morgan fingerprint density at radius 2 is 2.14 bits per heavy atom. The van der Waals surface area contributed by atoms with E-state index in [1.165, 1.54) is 24.8 Å². The largest absolute Gasteiger partial charge is 0.348 e. The summed E-state index contributed by atoms with van der Waals surface area (Å²) in [6.07, 6.45) is 5.09. The molecule has 1 aromatic heterocycles. The van der Waals surface area contributed by atoms with Gasteiger partial charge in [0.05, 0.1) is 0 Å². The molecular formula is C18H20N2OS. The van der Waals surface area contributed by atoms with Crippen molar-refractivity contribution in [3.8, 4) is 10.6 Å². The van der Waals surface area contributed by atoms with Gasteiger partial charge in [-0.15, -0.1) is 11.3 Å². The van der Waals surface area contributed by atoms with E-state index in [9.17, 15) is 4.79 Å². The number of thiazole rings is 1. The molecule has 114 valence electrons. The zero-order chi connectivity index (χ0) is 15.1. The molecule has 1 N–H and O–H groups in total. The Morgan fingerprint density at radius 1 is 1.27 bits per heavy atom. The Balaban J connectivity index is 1.49. The van der Waals surface area contributed by atoms with Crippen LogP contribution in [0.4, 0.5) is 0 Å². The third-order valence-electron chi connectivity index (χ3n) is 5.17. The number of carbonyl (C=O) groups is 1. The number of hydrogen-bond acceptors (Lipinski definition) is 3. The zero-order valence-electron chi connectivity index (χ0n) is 12.7. The van der Waals surface area contributed by atoms with Crippen molar-refractivity contribution in [1.82, 2.24) is 10.3 Å². The third-order valence-corrected chi connectivity index (χ3v) is 6.04. The van der Waals surface area contributed by atoms with Gasteiger partial charge in [0.2, 0.25) is 0 Å². The summed E-state index contributed by atoms with van der Waals surface area (Å²) in [4.78, 5) is 17.0. The molecule has 2 bridgehead atoms. The Bertz CT molecular complexity index is 709. The van der Waals surface area contributed by atoms with Crippen LogP contribution in [-0.2, 0) is 0 Å². The van der Waals surface area contributed by atoms with Crippen molar-refractivity contribution in [2.75, 3.05) is 0 Å². The number of nitrogens with one attached hydrogen (secondary N) is 1. The lowest BCUT2D eigenvalue weighted by molar-refractivity contribution is 0.0918. The molecule has 3 atom stereocenters. The van der Waals surface area contributed by atoms with Gasteiger partial charge in [0.15, 0.2) is 0 Å². The minimum atomic E-state index is -0.00589. The lowest BCUT2D eigenvalue weighted by atomic mass is 9.95. The minimum Gasteiger partial charge on any atom is -0.348 e. The minimum absolute atomic E-state index is 0.00589. The summed E-state index contributed by atoms with van der Waals surface area (Å²) in [5.74, 6) is 1.53. The molecule has 2 aliphatic rings. The SMILES string of the molecule is Cc1ccccc1-c1nc(C(=O)NC2C[C@@H]3CC[C@H]2C3)cs1. The van der Waals surface area contributed by atoms with Gasteiger partial charge in [-0.1, -0.05) is 30.7 Å². The van der Waals surface area contributed by atoms with E-state index in [0.717, 1.165) is 22.9 Å². The van der Waals surface area contributed by atoms with Gasteiger partial charge in [0, 0.05) is 17.0 Å². The van der Waals surface area contributed by atoms with Crippen LogP contribution >= 0.6 is 11.3 Å². The molecule has 1 unspecified atom stereocenters. The molecule has 0 spiro atoms. The molecule has 2 fully saturated rings. The zero-order valence-corrected chi connectivity index (χ0v) is 13.5. The molecule has 0 radical (unpaired) electrons. The van der Waals surface area contributed by atoms with E-state index in [1.54, 1.807) is 11.3 Å². The first-order valence-corrected chi connectivity index (χ1v) is 8.91. The van der Waals surface area contributed by atoms with Gasteiger partial charge in [0.1, 0.15) is 10.7 Å². The molecule has 0 saturated heterocycles. The standard InChI is InChI=1S/C18H20N2OS/c1-11-4-2-3-5-14(11)18-20-16(10-22-18)17(21)19-15-9-12-6-7-13(15)8-12/h2-5,10,12-13,15H,6-9H2,1H3,(H,19,21)/t12-,13+,15?/m1/s1. The third kappa shape index (κ3) is 2.45. The van der Waals surface area contributed by atoms with Crippen LogP contribution in [0.15, 0.2) is 29.6 Å². The summed E-state index contributed by atoms with van der Waals surface area (Å²) >= 11 is 1.55. The maximum atomic E-state index is 12.4. The van der Waals surface area contributed by atoms with Crippen LogP contribution in [0.1, 0.15) is 41.7 Å². The molecule has 4 rings (SSSR count). The second kappa shape index (κ2) is 5.51. The molecule has 2 aromatic rings. The Morgan fingerprint density at radius 3 is 2.86 bits per heavy atom. The molecule has 0 aliphatic heterocycles. The lowest BCUT2D eigenvalue weighted by Crippen LogP contribution is -2.38. The van der Waals surface area contributed by atoms with Gasteiger partial charge in [-0.05, 0) is 43.6 Å². The second-order valence-corrected chi connectivity index (χ2v) is 7.47. The van der Waals surface area contributed by atoms with E-state index in [-0.39, 0.29) is 5.91 Å². The average Bonchev–Trinajstić information content (AvgIpc) is 3.24. The van der Waals surface area contributed by atoms with Crippen LogP contribution in [0.25, 0.3) is 10.6 Å². The van der Waals surface area contributed by atoms with Crippen LogP contribution in [0, 0.1) is 18.8 Å². The highest BCUT2D eigenvalue weighted by molar-refractivity contribution is 7.13. The summed E-state index contributed by atoms with van der Waals surface area (Å²) in [7, 11) is 0. The number of carbonyl (C=O) groups excluding carboxylic acids is 1. The van der Waals surface area contributed by atoms with Gasteiger partial charge in [0.25, 0.3) is 5.91 Å². The first kappa shape index (κ1) is 13.9. The van der Waals surface area contributed by atoms with Gasteiger partial charge in [-0.3, -0.25) is 4.79 Å². The molecule has 2 aliphatic carbocycles. The van der Waals surface area contributed by atoms with Crippen molar-refractivity contribution in [2.45, 2.75) is 38.6 Å². The second-order valence-electron chi connectivity index (χ2n) is 6.61. The number of nitrogens with zero attached hydrogens (tertiary/aromatic N) is 1. The van der Waals surface area contributed by atoms with Crippen molar-refractivity contribution in [1.29, 1.82) is 0 Å². The summed E-state index contributed by atoms with van der Waals surface area (Å²) in [6, 6.07) is 8.54. The van der Waals surface area contributed by atoms with Crippen molar-refractivity contribution in [3.05, 3.63) is 40.9 Å². The molecule has 1 amide bonds. The van der Waals surface area contributed by atoms with E-state index in [0.29, 0.717) is 17.7 Å². The fourth-order valence-corrected chi connectivity index (χ4v) is 4.87. The monoisotopic (exact) mass is 312 g/mol. The highest BCUT2D eigenvalue weighted by Crippen LogP contribution is 2.44. The molecule has 4 heteroatoms. The van der Waals surface area contributed by atoms with Gasteiger partial charge >= 0.3 is 0 Å². The smallest absolute Gasteiger partial charge is 0.271 e. The van der Waals surface area contributed by atoms with E-state index >= 15 is 0 Å². The number of aryl methyl sites for hydroxylation is 1. The van der Waals surface area contributed by atoms with Crippen molar-refractivity contribution >= 4 is 17.2 Å². The maximum Gasteiger partial charge on any atom is 0.271 e. The maximum absolute atomic E-state index is 12.4. The molecule has 1 heterocycles. The summed E-state index contributed by atoms with van der Waals surface area (Å²) in [5.41, 5.74) is 2.87. The van der Waals surface area contributed by atoms with Gasteiger partial charge < -0.3 is 5.32 Å². The number of benzene rings is 1. The predicted molar refractivity (Wildman–Crippen MR) is 89.0 cm³/mol. The normalized spacial score (nSPS) is 26.3. The molecule has 2 saturated carbocycles. The van der Waals surface area contributed by atoms with Crippen molar-refractivity contribution in [3.63, 3.8) is 0 Å². The first-order valence-electron chi connectivity index (χ1n) is 8.03. The molecular weight excluding hydrogens is 292 g/mol. The van der Waals surface area contributed by atoms with E-state index in [1.807, 2.05) is 17.5 Å². The van der Waals surface area contributed by atoms with E-state index in [2.05, 4.69) is 29.4 Å². The molecule has 1 aromatic carbocycles. The van der Waals surface area contributed by atoms with E-state index < -0.39 is 0 Å². The van der Waals surface area contributed by atoms with Gasteiger partial charge in [-0.2, -0.15) is 0 Å². The molecule has 3 nitrogen and oxygen atoms in total. The number of rotatable bonds is 3. The van der Waals surface area contributed by atoms with Crippen LogP contribution in [-0.4, -0.2) is 16.9 Å². The number of fused-ring (bicyclic) bond motifs is 2. The first-order chi connectivity index (χ1) is 10.7. The van der Waals surface area contributed by atoms with Crippen LogP contribution in [0.3, 0.4) is 0 Å². The number of hydrogen-bond donors (Lipinski definition) is 1. The summed E-state index contributed by atoms with van der Waals surface area (Å²) < 4.78 is 0. The quantitative estimate of drug-likeness (QED) is 0.929. The highest BCUT2D eigenvalue weighted by Gasteiger charge is 2.40. The fraction of sp³-hybridized carbons (Fsp3) is 0.444. The van der Waals surface area contributed by atoms with Crippen molar-refractivity contribution in [2.24, 2.45) is 11.8 Å². The Hall–Kier alpha value is -1.68. The van der Waals surface area contributed by atoms with Crippen LogP contribution in [0.5, 0.6) is 0 Å². The summed E-state index contributed by atoms with van der Waals surface area (Å²) in [5, 5.41) is 6.02. The fourth-order valence-electron chi connectivity index (χ4n) is 3.98. The highest BCUT2D eigenvalue weighted by atomic mass is 32.1. The van der Waals surface area contributed by atoms with E-state index in [4.69, 9.17) is 0 Å². The lowest BCUT2D eigenvalue weighted by Gasteiger charge is -2.22. The van der Waals surface area contributed by atoms with Crippen molar-refractivity contribution < 1.29 is 4.79 Å². The Labute approximate surface area is 134 Å². The number of aromatic nitrogens is 1. The predicted octanol–water partition coefficient (Wildman–Crippen LogP) is 4.04. The topological polar surface area (TPSA) is 42.0 Å².